The van der Waals surface area contributed by atoms with Crippen molar-refractivity contribution in [3.05, 3.63) is 53.1 Å². The highest BCUT2D eigenvalue weighted by molar-refractivity contribution is 7.89. The number of methoxy groups -OCH3 is 1. The van der Waals surface area contributed by atoms with Gasteiger partial charge < -0.3 is 10.1 Å². The van der Waals surface area contributed by atoms with Crippen LogP contribution in [0.1, 0.15) is 31.2 Å². The Kier molecular flexibility index (Phi) is 8.25. The Labute approximate surface area is 217 Å². The first kappa shape index (κ1) is 26.9. The van der Waals surface area contributed by atoms with E-state index in [9.17, 15) is 21.6 Å². The predicted octanol–water partition coefficient (Wildman–Crippen LogP) is 2.85. The van der Waals surface area contributed by atoms with Crippen molar-refractivity contribution >= 4 is 37.6 Å². The molecule has 0 bridgehead atoms. The standard InChI is InChI=1S/C24H30ClN3O6S2/c1-34-22-9-6-20(25)16-23(22)36(32,33)28-14-10-19(11-15-28)24(29)26-17-18-4-7-21(8-5-18)35(30,31)27-12-2-3-13-27/h4-9,16,19H,2-3,10-15,17H2,1H3,(H,26,29). The van der Waals surface area contributed by atoms with Gasteiger partial charge in [-0.1, -0.05) is 23.7 Å². The molecule has 0 aromatic heterocycles. The second-order valence-electron chi connectivity index (χ2n) is 8.95. The largest absolute Gasteiger partial charge is 0.495 e. The highest BCUT2D eigenvalue weighted by Gasteiger charge is 2.34. The van der Waals surface area contributed by atoms with Crippen molar-refractivity contribution < 1.29 is 26.4 Å². The van der Waals surface area contributed by atoms with E-state index in [0.717, 1.165) is 18.4 Å². The van der Waals surface area contributed by atoms with Gasteiger partial charge in [-0.25, -0.2) is 16.8 Å². The van der Waals surface area contributed by atoms with Crippen LogP contribution in [-0.4, -0.2) is 64.6 Å². The highest BCUT2D eigenvalue weighted by Crippen LogP contribution is 2.32. The molecule has 2 fully saturated rings. The zero-order valence-electron chi connectivity index (χ0n) is 20.0. The predicted molar refractivity (Wildman–Crippen MR) is 136 cm³/mol. The average molecular weight is 556 g/mol. The molecule has 12 heteroatoms. The Bertz CT molecular complexity index is 1300. The number of carbonyl (C=O) groups is 1. The van der Waals surface area contributed by atoms with Gasteiger partial charge in [0.2, 0.25) is 26.0 Å². The van der Waals surface area contributed by atoms with Crippen LogP contribution in [0, 0.1) is 5.92 Å². The van der Waals surface area contributed by atoms with Gasteiger partial charge in [0.05, 0.1) is 12.0 Å². The van der Waals surface area contributed by atoms with Crippen molar-refractivity contribution in [1.29, 1.82) is 0 Å². The third kappa shape index (κ3) is 5.70. The summed E-state index contributed by atoms with van der Waals surface area (Å²) in [5, 5.41) is 3.19. The fourth-order valence-corrected chi connectivity index (χ4v) is 7.94. The van der Waals surface area contributed by atoms with Crippen molar-refractivity contribution in [3.8, 4) is 5.75 Å². The number of nitrogens with one attached hydrogen (secondary N) is 1. The van der Waals surface area contributed by atoms with E-state index in [0.29, 0.717) is 31.0 Å². The molecule has 0 aliphatic carbocycles. The molecular weight excluding hydrogens is 526 g/mol. The van der Waals surface area contributed by atoms with E-state index in [1.54, 1.807) is 30.3 Å². The normalized spacial score (nSPS) is 18.3. The molecule has 1 amide bonds. The quantitative estimate of drug-likeness (QED) is 0.536. The number of ether oxygens (including phenoxy) is 1. The number of nitrogens with zero attached hydrogens (tertiary/aromatic N) is 2. The SMILES string of the molecule is COc1ccc(Cl)cc1S(=O)(=O)N1CCC(C(=O)NCc2ccc(S(=O)(=O)N3CCCC3)cc2)CC1. The molecule has 0 saturated carbocycles. The van der Waals surface area contributed by atoms with Crippen molar-refractivity contribution in [2.45, 2.75) is 42.0 Å². The van der Waals surface area contributed by atoms with Crippen LogP contribution in [0.25, 0.3) is 0 Å². The number of hydrogen-bond donors (Lipinski definition) is 1. The van der Waals surface area contributed by atoms with Gasteiger partial charge in [0.25, 0.3) is 0 Å². The van der Waals surface area contributed by atoms with Crippen molar-refractivity contribution in [2.24, 2.45) is 5.92 Å². The lowest BCUT2D eigenvalue weighted by molar-refractivity contribution is -0.126. The van der Waals surface area contributed by atoms with Crippen molar-refractivity contribution in [1.82, 2.24) is 13.9 Å². The molecule has 2 aliphatic rings. The van der Waals surface area contributed by atoms with Crippen molar-refractivity contribution in [2.75, 3.05) is 33.3 Å². The van der Waals surface area contributed by atoms with E-state index >= 15 is 0 Å². The summed E-state index contributed by atoms with van der Waals surface area (Å²) < 4.78 is 59.6. The zero-order chi connectivity index (χ0) is 25.9. The summed E-state index contributed by atoms with van der Waals surface area (Å²) >= 11 is 6.01. The minimum atomic E-state index is -3.81. The van der Waals surface area contributed by atoms with E-state index in [4.69, 9.17) is 16.3 Å². The molecule has 2 aliphatic heterocycles. The van der Waals surface area contributed by atoms with E-state index in [2.05, 4.69) is 5.32 Å². The summed E-state index contributed by atoms with van der Waals surface area (Å²) in [6.45, 7) is 1.78. The molecule has 2 aromatic rings. The van der Waals surface area contributed by atoms with E-state index < -0.39 is 20.0 Å². The number of amides is 1. The van der Waals surface area contributed by atoms with Gasteiger partial charge in [-0.3, -0.25) is 4.79 Å². The summed E-state index contributed by atoms with van der Waals surface area (Å²) in [5.41, 5.74) is 0.789. The molecule has 196 valence electrons. The number of halogens is 1. The van der Waals surface area contributed by atoms with Crippen molar-refractivity contribution in [3.63, 3.8) is 0 Å². The topological polar surface area (TPSA) is 113 Å². The second-order valence-corrected chi connectivity index (χ2v) is 13.2. The highest BCUT2D eigenvalue weighted by atomic mass is 35.5. The third-order valence-electron chi connectivity index (χ3n) is 6.66. The summed E-state index contributed by atoms with van der Waals surface area (Å²) in [6.07, 6.45) is 2.54. The summed E-state index contributed by atoms with van der Waals surface area (Å²) in [7, 11) is -5.88. The van der Waals surface area contributed by atoms with Gasteiger partial charge in [-0.05, 0) is 61.6 Å². The first-order valence-electron chi connectivity index (χ1n) is 11.8. The Hall–Kier alpha value is -2.18. The van der Waals surface area contributed by atoms with Gasteiger partial charge in [-0.15, -0.1) is 0 Å². The number of piperidine rings is 1. The average Bonchev–Trinajstić information content (AvgIpc) is 3.44. The Morgan fingerprint density at radius 2 is 1.56 bits per heavy atom. The molecule has 36 heavy (non-hydrogen) atoms. The Morgan fingerprint density at radius 1 is 0.944 bits per heavy atom. The van der Waals surface area contributed by atoms with Crippen LogP contribution in [-0.2, 0) is 31.4 Å². The second kappa shape index (κ2) is 11.1. The molecular formula is C24H30ClN3O6S2. The van der Waals surface area contributed by atoms with Crippen LogP contribution in [0.4, 0.5) is 0 Å². The molecule has 0 atom stereocenters. The van der Waals surface area contributed by atoms with E-state index in [1.807, 2.05) is 0 Å². The minimum absolute atomic E-state index is 0.00981. The Balaban J connectivity index is 1.31. The number of benzene rings is 2. The minimum Gasteiger partial charge on any atom is -0.495 e. The fourth-order valence-electron chi connectivity index (χ4n) is 4.54. The first-order chi connectivity index (χ1) is 17.1. The molecule has 1 N–H and O–H groups in total. The van der Waals surface area contributed by atoms with Crippen LogP contribution in [0.2, 0.25) is 5.02 Å². The van der Waals surface area contributed by atoms with Gasteiger partial charge in [0.1, 0.15) is 10.6 Å². The number of hydrogen-bond acceptors (Lipinski definition) is 6. The van der Waals surface area contributed by atoms with Gasteiger partial charge in [-0.2, -0.15) is 8.61 Å². The maximum atomic E-state index is 13.1. The molecule has 0 spiro atoms. The van der Waals surface area contributed by atoms with Crippen LogP contribution in [0.15, 0.2) is 52.3 Å². The lowest BCUT2D eigenvalue weighted by atomic mass is 9.97. The maximum absolute atomic E-state index is 13.1. The number of rotatable bonds is 8. The van der Waals surface area contributed by atoms with Crippen LogP contribution in [0.5, 0.6) is 5.75 Å². The molecule has 0 radical (unpaired) electrons. The molecule has 2 heterocycles. The zero-order valence-corrected chi connectivity index (χ0v) is 22.4. The monoisotopic (exact) mass is 555 g/mol. The Morgan fingerprint density at radius 3 is 2.17 bits per heavy atom. The van der Waals surface area contributed by atoms with Crippen LogP contribution in [0.3, 0.4) is 0 Å². The van der Waals surface area contributed by atoms with Crippen LogP contribution < -0.4 is 10.1 Å². The van der Waals surface area contributed by atoms with Gasteiger partial charge >= 0.3 is 0 Å². The summed E-state index contributed by atoms with van der Waals surface area (Å²) in [4.78, 5) is 13.0. The van der Waals surface area contributed by atoms with Crippen LogP contribution >= 0.6 is 11.6 Å². The number of sulfonamides is 2. The smallest absolute Gasteiger partial charge is 0.246 e. The molecule has 9 nitrogen and oxygen atoms in total. The lowest BCUT2D eigenvalue weighted by Gasteiger charge is -2.31. The molecule has 4 rings (SSSR count). The molecule has 2 saturated heterocycles. The molecule has 0 unspecified atom stereocenters. The first-order valence-corrected chi connectivity index (χ1v) is 15.1. The lowest BCUT2D eigenvalue weighted by Crippen LogP contribution is -2.42. The van der Waals surface area contributed by atoms with Gasteiger partial charge in [0, 0.05) is 43.7 Å². The fraction of sp³-hybridized carbons (Fsp3) is 0.458. The summed E-state index contributed by atoms with van der Waals surface area (Å²) in [6, 6.07) is 11.0. The van der Waals surface area contributed by atoms with Gasteiger partial charge in [0.15, 0.2) is 0 Å². The molecule has 2 aromatic carbocycles. The third-order valence-corrected chi connectivity index (χ3v) is 10.7. The van der Waals surface area contributed by atoms with E-state index in [1.165, 1.54) is 27.9 Å². The summed E-state index contributed by atoms with van der Waals surface area (Å²) in [5.74, 6) is -0.243. The maximum Gasteiger partial charge on any atom is 0.246 e. The van der Waals surface area contributed by atoms with E-state index in [-0.39, 0.29) is 47.0 Å². The number of carbonyl (C=O) groups excluding carboxylic acids is 1.